The molecule has 0 atom stereocenters. The van der Waals surface area contributed by atoms with Crippen LogP contribution >= 0.6 is 0 Å². The summed E-state index contributed by atoms with van der Waals surface area (Å²) in [7, 11) is 0. The molecule has 0 aliphatic heterocycles. The number of hydrogen-bond acceptors (Lipinski definition) is 3. The maximum Gasteiger partial charge on any atom is 0.222 e. The zero-order valence-corrected chi connectivity index (χ0v) is 5.50. The molecule has 3 heteroatoms. The third-order valence-corrected chi connectivity index (χ3v) is 1.37. The van der Waals surface area contributed by atoms with Crippen LogP contribution in [0.2, 0.25) is 0 Å². The van der Waals surface area contributed by atoms with Gasteiger partial charge in [-0.25, -0.2) is 0 Å². The molecule has 1 N–H and O–H groups in total. The Balaban J connectivity index is 2.03. The number of ether oxygens (including phenoxy) is 1. The first-order valence-electron chi connectivity index (χ1n) is 3.14. The zero-order valence-electron chi connectivity index (χ0n) is 5.50. The summed E-state index contributed by atoms with van der Waals surface area (Å²) < 4.78 is 5.02. The summed E-state index contributed by atoms with van der Waals surface area (Å²) >= 11 is 0. The average Bonchev–Trinajstić information content (AvgIpc) is 2.65. The number of hydrogen-bond donors (Lipinski definition) is 1. The van der Waals surface area contributed by atoms with Crippen LogP contribution in [-0.4, -0.2) is 17.7 Å². The minimum absolute atomic E-state index is 0.363. The fourth-order valence-electron chi connectivity index (χ4n) is 0.552. The molecule has 0 spiro atoms. The van der Waals surface area contributed by atoms with E-state index < -0.39 is 0 Å². The highest BCUT2D eigenvalue weighted by molar-refractivity contribution is 5.72. The van der Waals surface area contributed by atoms with E-state index in [4.69, 9.17) is 9.94 Å². The van der Waals surface area contributed by atoms with E-state index in [0.29, 0.717) is 5.90 Å². The van der Waals surface area contributed by atoms with Gasteiger partial charge in [-0.15, -0.1) is 0 Å². The van der Waals surface area contributed by atoms with Crippen LogP contribution in [0.1, 0.15) is 19.8 Å². The van der Waals surface area contributed by atoms with Crippen LogP contribution < -0.4 is 0 Å². The molecule has 9 heavy (non-hydrogen) atoms. The van der Waals surface area contributed by atoms with Gasteiger partial charge in [0.2, 0.25) is 5.90 Å². The lowest BCUT2D eigenvalue weighted by Gasteiger charge is -1.99. The summed E-state index contributed by atoms with van der Waals surface area (Å²) in [4.78, 5) is 0. The smallest absolute Gasteiger partial charge is 0.222 e. The minimum Gasteiger partial charge on any atom is -0.479 e. The van der Waals surface area contributed by atoms with Gasteiger partial charge in [-0.3, -0.25) is 0 Å². The van der Waals surface area contributed by atoms with Crippen molar-refractivity contribution < 1.29 is 9.94 Å². The van der Waals surface area contributed by atoms with Gasteiger partial charge in [0.15, 0.2) is 0 Å². The Kier molecular flexibility index (Phi) is 1.92. The molecule has 52 valence electrons. The SMILES string of the molecule is CC(=NO)OCC1CC1. The molecule has 0 amide bonds. The standard InChI is InChI=1S/C6H11NO2/c1-5(7-8)9-4-6-2-3-6/h6,8H,2-4H2,1H3. The van der Waals surface area contributed by atoms with Crippen LogP contribution in [0.4, 0.5) is 0 Å². The van der Waals surface area contributed by atoms with Crippen molar-refractivity contribution >= 4 is 5.90 Å². The Morgan fingerprint density at radius 1 is 1.78 bits per heavy atom. The molecule has 0 aromatic heterocycles. The molecule has 1 aliphatic rings. The highest BCUT2D eigenvalue weighted by atomic mass is 16.5. The molecule has 0 unspecified atom stereocenters. The highest BCUT2D eigenvalue weighted by Gasteiger charge is 2.21. The van der Waals surface area contributed by atoms with Crippen molar-refractivity contribution in [2.45, 2.75) is 19.8 Å². The molecular formula is C6H11NO2. The first kappa shape index (κ1) is 6.39. The van der Waals surface area contributed by atoms with Crippen LogP contribution in [0.5, 0.6) is 0 Å². The van der Waals surface area contributed by atoms with Gasteiger partial charge in [0.1, 0.15) is 0 Å². The fraction of sp³-hybridized carbons (Fsp3) is 0.833. The van der Waals surface area contributed by atoms with Gasteiger partial charge >= 0.3 is 0 Å². The van der Waals surface area contributed by atoms with Gasteiger partial charge in [-0.05, 0) is 18.8 Å². The first-order chi connectivity index (χ1) is 4.33. The van der Waals surface area contributed by atoms with Crippen molar-refractivity contribution in [3.8, 4) is 0 Å². The third kappa shape index (κ3) is 2.35. The van der Waals surface area contributed by atoms with Crippen LogP contribution in [-0.2, 0) is 4.74 Å². The summed E-state index contributed by atoms with van der Waals surface area (Å²) in [5.74, 6) is 1.09. The topological polar surface area (TPSA) is 41.8 Å². The number of oxime groups is 1. The minimum atomic E-state index is 0.363. The zero-order chi connectivity index (χ0) is 6.69. The van der Waals surface area contributed by atoms with Crippen molar-refractivity contribution in [1.82, 2.24) is 0 Å². The van der Waals surface area contributed by atoms with Crippen LogP contribution in [0, 0.1) is 5.92 Å². The molecule has 0 heterocycles. The molecule has 0 bridgehead atoms. The summed E-state index contributed by atoms with van der Waals surface area (Å²) in [5, 5.41) is 11.0. The van der Waals surface area contributed by atoms with Crippen LogP contribution in [0.3, 0.4) is 0 Å². The van der Waals surface area contributed by atoms with E-state index >= 15 is 0 Å². The van der Waals surface area contributed by atoms with E-state index in [9.17, 15) is 0 Å². The van der Waals surface area contributed by atoms with Gasteiger partial charge in [-0.2, -0.15) is 0 Å². The molecular weight excluding hydrogens is 118 g/mol. The molecule has 3 nitrogen and oxygen atoms in total. The average molecular weight is 129 g/mol. The lowest BCUT2D eigenvalue weighted by molar-refractivity contribution is 0.244. The number of nitrogens with zero attached hydrogens (tertiary/aromatic N) is 1. The highest BCUT2D eigenvalue weighted by Crippen LogP contribution is 2.28. The normalized spacial score (nSPS) is 19.9. The summed E-state index contributed by atoms with van der Waals surface area (Å²) in [5.41, 5.74) is 0. The Bertz CT molecular complexity index is 118. The third-order valence-electron chi connectivity index (χ3n) is 1.37. The lowest BCUT2D eigenvalue weighted by Crippen LogP contribution is -2.02. The first-order valence-corrected chi connectivity index (χ1v) is 3.14. The number of rotatable bonds is 2. The van der Waals surface area contributed by atoms with E-state index in [-0.39, 0.29) is 0 Å². The maximum absolute atomic E-state index is 8.13. The van der Waals surface area contributed by atoms with E-state index in [2.05, 4.69) is 5.16 Å². The second-order valence-corrected chi connectivity index (χ2v) is 2.37. The van der Waals surface area contributed by atoms with Gasteiger partial charge in [0.05, 0.1) is 6.61 Å². The molecule has 1 aliphatic carbocycles. The molecule has 0 saturated heterocycles. The van der Waals surface area contributed by atoms with Crippen molar-refractivity contribution in [3.63, 3.8) is 0 Å². The molecule has 1 saturated carbocycles. The second-order valence-electron chi connectivity index (χ2n) is 2.37. The predicted molar refractivity (Wildman–Crippen MR) is 33.6 cm³/mol. The Morgan fingerprint density at radius 3 is 2.89 bits per heavy atom. The van der Waals surface area contributed by atoms with Crippen molar-refractivity contribution in [1.29, 1.82) is 0 Å². The van der Waals surface area contributed by atoms with Crippen molar-refractivity contribution in [3.05, 3.63) is 0 Å². The Labute approximate surface area is 54.3 Å². The van der Waals surface area contributed by atoms with Crippen LogP contribution in [0.15, 0.2) is 5.16 Å². The monoisotopic (exact) mass is 129 g/mol. The largest absolute Gasteiger partial charge is 0.479 e. The maximum atomic E-state index is 8.13. The quantitative estimate of drug-likeness (QED) is 0.263. The van der Waals surface area contributed by atoms with Crippen molar-refractivity contribution in [2.24, 2.45) is 11.1 Å². The van der Waals surface area contributed by atoms with Crippen molar-refractivity contribution in [2.75, 3.05) is 6.61 Å². The van der Waals surface area contributed by atoms with E-state index in [1.807, 2.05) is 0 Å². The predicted octanol–water partition coefficient (Wildman–Crippen LogP) is 1.22. The van der Waals surface area contributed by atoms with Gasteiger partial charge < -0.3 is 9.94 Å². The fourth-order valence-corrected chi connectivity index (χ4v) is 0.552. The van der Waals surface area contributed by atoms with Gasteiger partial charge in [0, 0.05) is 6.92 Å². The molecule has 0 radical (unpaired) electrons. The van der Waals surface area contributed by atoms with E-state index in [1.165, 1.54) is 12.8 Å². The molecule has 1 rings (SSSR count). The van der Waals surface area contributed by atoms with Gasteiger partial charge in [-0.1, -0.05) is 5.16 Å². The molecule has 0 aromatic carbocycles. The Morgan fingerprint density at radius 2 is 2.44 bits per heavy atom. The summed E-state index contributed by atoms with van der Waals surface area (Å²) in [6, 6.07) is 0. The Hall–Kier alpha value is -0.730. The molecule has 1 fully saturated rings. The molecule has 0 aromatic rings. The summed E-state index contributed by atoms with van der Waals surface area (Å²) in [6.07, 6.45) is 2.53. The second kappa shape index (κ2) is 2.71. The lowest BCUT2D eigenvalue weighted by atomic mass is 10.5. The van der Waals surface area contributed by atoms with Crippen LogP contribution in [0.25, 0.3) is 0 Å². The van der Waals surface area contributed by atoms with E-state index in [1.54, 1.807) is 6.92 Å². The van der Waals surface area contributed by atoms with Gasteiger partial charge in [0.25, 0.3) is 0 Å². The van der Waals surface area contributed by atoms with E-state index in [0.717, 1.165) is 12.5 Å². The summed E-state index contributed by atoms with van der Waals surface area (Å²) in [6.45, 7) is 2.36.